The van der Waals surface area contributed by atoms with Crippen LogP contribution in [0.3, 0.4) is 0 Å². The number of carbonyl (C=O) groups is 1. The molecular weight excluding hydrogens is 521 g/mol. The number of nitrogens with zero attached hydrogens (tertiary/aromatic N) is 3. The van der Waals surface area contributed by atoms with Gasteiger partial charge < -0.3 is 30.2 Å². The van der Waals surface area contributed by atoms with Crippen LogP contribution in [0, 0.1) is 5.82 Å². The fourth-order valence-electron chi connectivity index (χ4n) is 5.82. The van der Waals surface area contributed by atoms with Crippen LogP contribution >= 0.6 is 0 Å². The second-order valence-electron chi connectivity index (χ2n) is 10.8. The second kappa shape index (κ2) is 9.35. The van der Waals surface area contributed by atoms with Gasteiger partial charge in [0.2, 0.25) is 5.43 Å². The number of carbonyl (C=O) groups excluding carboxylic acids is 1. The molecule has 3 N–H and O–H groups in total. The quantitative estimate of drug-likeness (QED) is 0.312. The highest BCUT2D eigenvalue weighted by Gasteiger charge is 2.33. The number of hydrogen-bond donors (Lipinski definition) is 2. The topological polar surface area (TPSA) is 92.8 Å². The van der Waals surface area contributed by atoms with Gasteiger partial charge in [-0.05, 0) is 48.2 Å². The number of hydrogen-bond acceptors (Lipinski definition) is 6. The van der Waals surface area contributed by atoms with E-state index < -0.39 is 17.2 Å². The number of rotatable bonds is 4. The van der Waals surface area contributed by atoms with Crippen molar-refractivity contribution in [3.63, 3.8) is 0 Å². The first kappa shape index (κ1) is 25.1. The van der Waals surface area contributed by atoms with E-state index in [9.17, 15) is 9.59 Å². The van der Waals surface area contributed by atoms with Gasteiger partial charge in [0, 0.05) is 56.2 Å². The number of amides is 1. The predicted molar refractivity (Wildman–Crippen MR) is 161 cm³/mol. The zero-order valence-corrected chi connectivity index (χ0v) is 22.6. The summed E-state index contributed by atoms with van der Waals surface area (Å²) in [6, 6.07) is 20.0. The molecule has 41 heavy (non-hydrogen) atoms. The summed E-state index contributed by atoms with van der Waals surface area (Å²) >= 11 is 0. The van der Waals surface area contributed by atoms with Crippen LogP contribution in [0.2, 0.25) is 0 Å². The second-order valence-corrected chi connectivity index (χ2v) is 10.8. The van der Waals surface area contributed by atoms with Crippen LogP contribution in [0.25, 0.3) is 27.4 Å². The van der Waals surface area contributed by atoms with Crippen molar-refractivity contribution in [2.24, 2.45) is 5.73 Å². The van der Waals surface area contributed by atoms with E-state index in [1.165, 1.54) is 12.3 Å². The molecular formula is C32H28FN5O3. The minimum absolute atomic E-state index is 0.0687. The van der Waals surface area contributed by atoms with Crippen molar-refractivity contribution in [1.29, 1.82) is 0 Å². The van der Waals surface area contributed by atoms with Gasteiger partial charge in [0.05, 0.1) is 11.1 Å². The average Bonchev–Trinajstić information content (AvgIpc) is 3.39. The highest BCUT2D eigenvalue weighted by Crippen LogP contribution is 2.49. The maximum absolute atomic E-state index is 15.9. The first-order valence-electron chi connectivity index (χ1n) is 13.5. The van der Waals surface area contributed by atoms with Gasteiger partial charge in [0.25, 0.3) is 5.91 Å². The Hall–Kier alpha value is -4.89. The molecule has 3 heterocycles. The highest BCUT2D eigenvalue weighted by atomic mass is 19.1. The summed E-state index contributed by atoms with van der Waals surface area (Å²) in [4.78, 5) is 31.1. The number of pyridine rings is 1. The summed E-state index contributed by atoms with van der Waals surface area (Å²) in [7, 11) is 3.85. The number of halogens is 1. The smallest absolute Gasteiger partial charge is 0.261 e. The fraction of sp³-hybridized carbons (Fsp3) is 0.188. The first-order valence-corrected chi connectivity index (χ1v) is 13.5. The summed E-state index contributed by atoms with van der Waals surface area (Å²) in [5.74, 6) is -0.391. The minimum Gasteiger partial charge on any atom is -0.450 e. The maximum Gasteiger partial charge on any atom is 0.261 e. The normalized spacial score (nSPS) is 15.6. The van der Waals surface area contributed by atoms with Crippen molar-refractivity contribution in [3.05, 3.63) is 94.5 Å². The first-order chi connectivity index (χ1) is 19.8. The van der Waals surface area contributed by atoms with Crippen molar-refractivity contribution >= 4 is 44.6 Å². The Balaban J connectivity index is 1.45. The van der Waals surface area contributed by atoms with Gasteiger partial charge in [-0.25, -0.2) is 4.39 Å². The van der Waals surface area contributed by atoms with E-state index in [0.29, 0.717) is 35.7 Å². The molecule has 7 rings (SSSR count). The van der Waals surface area contributed by atoms with E-state index in [1.807, 2.05) is 72.4 Å². The Morgan fingerprint density at radius 1 is 1.05 bits per heavy atom. The molecule has 5 aromatic rings. The SMILES string of the molecule is CN(C)c1ccc(NC(=O)c2cn3c4c(c(N5CC[C@@H](N)C5)c(F)cc4c2=O)Oc2c-3ccc3ccccc23)cc1. The molecule has 0 saturated carbocycles. The number of ether oxygens (including phenoxy) is 1. The van der Waals surface area contributed by atoms with Gasteiger partial charge in [-0.1, -0.05) is 30.3 Å². The number of aromatic nitrogens is 1. The van der Waals surface area contributed by atoms with Crippen molar-refractivity contribution in [1.82, 2.24) is 4.57 Å². The van der Waals surface area contributed by atoms with Crippen LogP contribution in [0.15, 0.2) is 77.7 Å². The molecule has 9 heteroatoms. The monoisotopic (exact) mass is 549 g/mol. The van der Waals surface area contributed by atoms with Crippen molar-refractivity contribution in [2.45, 2.75) is 12.5 Å². The van der Waals surface area contributed by atoms with E-state index >= 15 is 4.39 Å². The summed E-state index contributed by atoms with van der Waals surface area (Å²) in [5, 5.41) is 4.68. The van der Waals surface area contributed by atoms with Gasteiger partial charge in [-0.2, -0.15) is 0 Å². The zero-order valence-electron chi connectivity index (χ0n) is 22.6. The van der Waals surface area contributed by atoms with Crippen LogP contribution in [0.5, 0.6) is 11.5 Å². The van der Waals surface area contributed by atoms with E-state index in [2.05, 4.69) is 5.32 Å². The molecule has 0 radical (unpaired) electrons. The van der Waals surface area contributed by atoms with Crippen molar-refractivity contribution in [3.8, 4) is 17.2 Å². The number of nitrogens with two attached hydrogens (primary N) is 1. The molecule has 1 saturated heterocycles. The lowest BCUT2D eigenvalue weighted by Crippen LogP contribution is -2.29. The maximum atomic E-state index is 15.9. The lowest BCUT2D eigenvalue weighted by Gasteiger charge is -2.29. The largest absolute Gasteiger partial charge is 0.450 e. The predicted octanol–water partition coefficient (Wildman–Crippen LogP) is 5.24. The van der Waals surface area contributed by atoms with E-state index in [0.717, 1.165) is 22.9 Å². The van der Waals surface area contributed by atoms with Crippen LogP contribution in [0.4, 0.5) is 21.5 Å². The van der Waals surface area contributed by atoms with Gasteiger partial charge >= 0.3 is 0 Å². The van der Waals surface area contributed by atoms with Crippen LogP contribution < -0.4 is 31.0 Å². The molecule has 2 aliphatic rings. The third-order valence-corrected chi connectivity index (χ3v) is 7.92. The van der Waals surface area contributed by atoms with Gasteiger partial charge in [0.1, 0.15) is 16.8 Å². The van der Waals surface area contributed by atoms with Gasteiger partial charge in [-0.15, -0.1) is 0 Å². The number of anilines is 3. The van der Waals surface area contributed by atoms with E-state index in [1.54, 1.807) is 16.7 Å². The van der Waals surface area contributed by atoms with Crippen molar-refractivity contribution < 1.29 is 13.9 Å². The van der Waals surface area contributed by atoms with Crippen molar-refractivity contribution in [2.75, 3.05) is 42.3 Å². The molecule has 0 spiro atoms. The molecule has 2 aliphatic heterocycles. The Bertz CT molecular complexity index is 1930. The number of fused-ring (bicyclic) bond motifs is 4. The summed E-state index contributed by atoms with van der Waals surface area (Å²) < 4.78 is 24.2. The third kappa shape index (κ3) is 4.00. The molecule has 1 fully saturated rings. The molecule has 0 unspecified atom stereocenters. The molecule has 1 atom stereocenters. The zero-order chi connectivity index (χ0) is 28.4. The Morgan fingerprint density at radius 2 is 1.83 bits per heavy atom. The molecule has 0 bridgehead atoms. The minimum atomic E-state index is -0.592. The number of benzene rings is 4. The number of nitrogens with one attached hydrogen (secondary N) is 1. The fourth-order valence-corrected chi connectivity index (χ4v) is 5.82. The van der Waals surface area contributed by atoms with E-state index in [4.69, 9.17) is 10.5 Å². The van der Waals surface area contributed by atoms with E-state index in [-0.39, 0.29) is 28.4 Å². The summed E-state index contributed by atoms with van der Waals surface area (Å²) in [6.07, 6.45) is 2.25. The Labute approximate surface area is 235 Å². The molecule has 8 nitrogen and oxygen atoms in total. The highest BCUT2D eigenvalue weighted by molar-refractivity contribution is 6.08. The van der Waals surface area contributed by atoms with Crippen LogP contribution in [-0.4, -0.2) is 43.7 Å². The van der Waals surface area contributed by atoms with Crippen LogP contribution in [-0.2, 0) is 0 Å². The molecule has 0 aliphatic carbocycles. The average molecular weight is 550 g/mol. The molecule has 1 amide bonds. The molecule has 4 aromatic carbocycles. The third-order valence-electron chi connectivity index (χ3n) is 7.92. The van der Waals surface area contributed by atoms with Gasteiger partial charge in [-0.3, -0.25) is 9.59 Å². The lowest BCUT2D eigenvalue weighted by molar-refractivity contribution is 0.102. The molecule has 206 valence electrons. The standard InChI is InChI=1S/C32H28FN5O3/c1-36(2)21-10-8-20(9-11-21)35-32(40)24-17-38-26-12-7-18-5-3-4-6-22(18)30(26)41-31-27(38)23(29(24)39)15-25(33)28(31)37-14-13-19(34)16-37/h3-12,15,17,19H,13-14,16,34H2,1-2H3,(H,35,40)/t19-/m1/s1. The Morgan fingerprint density at radius 3 is 2.56 bits per heavy atom. The summed E-state index contributed by atoms with van der Waals surface area (Å²) in [6.45, 7) is 1.04. The Kier molecular flexibility index (Phi) is 5.72. The van der Waals surface area contributed by atoms with Gasteiger partial charge in [0.15, 0.2) is 17.3 Å². The molecule has 1 aromatic heterocycles. The summed E-state index contributed by atoms with van der Waals surface area (Å²) in [5.41, 5.74) is 8.35. The van der Waals surface area contributed by atoms with Crippen LogP contribution in [0.1, 0.15) is 16.8 Å². The lowest BCUT2D eigenvalue weighted by atomic mass is 10.0.